The lowest BCUT2D eigenvalue weighted by atomic mass is 10.0. The zero-order valence-electron chi connectivity index (χ0n) is 11.1. The molecule has 0 amide bonds. The Labute approximate surface area is 117 Å². The van der Waals surface area contributed by atoms with Gasteiger partial charge in [0.2, 0.25) is 0 Å². The Kier molecular flexibility index (Phi) is 4.37. The highest BCUT2D eigenvalue weighted by molar-refractivity contribution is 7.80. The number of hydrogen-bond acceptors (Lipinski definition) is 3. The van der Waals surface area contributed by atoms with Gasteiger partial charge < -0.3 is 15.2 Å². The normalized spacial score (nSPS) is 27.0. The molecule has 1 heterocycles. The highest BCUT2D eigenvalue weighted by atomic mass is 32.1. The van der Waals surface area contributed by atoms with E-state index in [-0.39, 0.29) is 29.0 Å². The van der Waals surface area contributed by atoms with Gasteiger partial charge in [0, 0.05) is 18.4 Å². The summed E-state index contributed by atoms with van der Waals surface area (Å²) in [5.41, 5.74) is 5.97. The minimum Gasteiger partial charge on any atom is -0.487 e. The van der Waals surface area contributed by atoms with Crippen molar-refractivity contribution in [1.82, 2.24) is 0 Å². The fraction of sp³-hybridized carbons (Fsp3) is 0.500. The van der Waals surface area contributed by atoms with E-state index >= 15 is 0 Å². The Morgan fingerprint density at radius 3 is 2.53 bits per heavy atom. The maximum atomic E-state index is 13.9. The average molecular weight is 283 g/mol. The summed E-state index contributed by atoms with van der Waals surface area (Å²) < 4.78 is 25.2. The molecular formula is C14H18FNO2S. The predicted molar refractivity (Wildman–Crippen MR) is 75.9 cm³/mol. The van der Waals surface area contributed by atoms with Crippen LogP contribution >= 0.6 is 12.2 Å². The molecule has 0 saturated carbocycles. The minimum absolute atomic E-state index is 0.0241. The van der Waals surface area contributed by atoms with E-state index in [1.54, 1.807) is 12.1 Å². The third kappa shape index (κ3) is 3.64. The molecule has 1 aromatic rings. The van der Waals surface area contributed by atoms with Gasteiger partial charge in [-0.1, -0.05) is 12.2 Å². The van der Waals surface area contributed by atoms with Crippen molar-refractivity contribution in [1.29, 1.82) is 0 Å². The molecule has 0 spiro atoms. The van der Waals surface area contributed by atoms with Crippen LogP contribution < -0.4 is 10.5 Å². The van der Waals surface area contributed by atoms with E-state index in [2.05, 4.69) is 0 Å². The fourth-order valence-electron chi connectivity index (χ4n) is 2.37. The Bertz CT molecular complexity index is 471. The second-order valence-corrected chi connectivity index (χ2v) is 5.42. The molecule has 2 N–H and O–H groups in total. The summed E-state index contributed by atoms with van der Waals surface area (Å²) in [7, 11) is 0. The molecule has 2 atom stereocenters. The van der Waals surface area contributed by atoms with Crippen LogP contribution in [0.1, 0.15) is 32.3 Å². The SMILES string of the molecule is CC1CC(Oc2ccc(C(N)=S)cc2F)CC(C)O1. The molecule has 1 aliphatic heterocycles. The van der Waals surface area contributed by atoms with Crippen LogP contribution in [0.25, 0.3) is 0 Å². The zero-order chi connectivity index (χ0) is 14.0. The number of ether oxygens (including phenoxy) is 2. The predicted octanol–water partition coefficient (Wildman–Crippen LogP) is 2.79. The van der Waals surface area contributed by atoms with Crippen LogP contribution in [0.4, 0.5) is 4.39 Å². The van der Waals surface area contributed by atoms with Gasteiger partial charge in [-0.3, -0.25) is 0 Å². The second-order valence-electron chi connectivity index (χ2n) is 4.98. The van der Waals surface area contributed by atoms with Gasteiger partial charge in [0.1, 0.15) is 11.1 Å². The largest absolute Gasteiger partial charge is 0.487 e. The molecule has 19 heavy (non-hydrogen) atoms. The molecule has 0 radical (unpaired) electrons. The standard InChI is InChI=1S/C14H18FNO2S/c1-8-5-11(6-9(2)17-8)18-13-4-3-10(14(16)19)7-12(13)15/h3-4,7-9,11H,5-6H2,1-2H3,(H2,16,19). The monoisotopic (exact) mass is 283 g/mol. The van der Waals surface area contributed by atoms with E-state index in [4.69, 9.17) is 27.4 Å². The molecule has 2 unspecified atom stereocenters. The molecule has 1 fully saturated rings. The molecular weight excluding hydrogens is 265 g/mol. The van der Waals surface area contributed by atoms with Crippen molar-refractivity contribution in [2.45, 2.75) is 45.0 Å². The van der Waals surface area contributed by atoms with Gasteiger partial charge in [0.05, 0.1) is 12.2 Å². The topological polar surface area (TPSA) is 44.5 Å². The first-order valence-electron chi connectivity index (χ1n) is 6.37. The lowest BCUT2D eigenvalue weighted by Crippen LogP contribution is -2.35. The van der Waals surface area contributed by atoms with Gasteiger partial charge >= 0.3 is 0 Å². The van der Waals surface area contributed by atoms with E-state index < -0.39 is 5.82 Å². The van der Waals surface area contributed by atoms with E-state index in [0.717, 1.165) is 12.8 Å². The van der Waals surface area contributed by atoms with Crippen LogP contribution in [0.5, 0.6) is 5.75 Å². The van der Waals surface area contributed by atoms with Crippen molar-refractivity contribution in [2.75, 3.05) is 0 Å². The summed E-state index contributed by atoms with van der Waals surface area (Å²) in [6.07, 6.45) is 1.77. The Morgan fingerprint density at radius 1 is 1.37 bits per heavy atom. The second kappa shape index (κ2) is 5.84. The number of thiocarbonyl (C=S) groups is 1. The Hall–Kier alpha value is -1.20. The first kappa shape index (κ1) is 14.2. The number of rotatable bonds is 3. The maximum Gasteiger partial charge on any atom is 0.165 e. The molecule has 1 aliphatic rings. The third-order valence-corrected chi connectivity index (χ3v) is 3.40. The van der Waals surface area contributed by atoms with Gasteiger partial charge in [0.25, 0.3) is 0 Å². The van der Waals surface area contributed by atoms with Gasteiger partial charge in [-0.2, -0.15) is 0 Å². The molecule has 0 bridgehead atoms. The highest BCUT2D eigenvalue weighted by Crippen LogP contribution is 2.26. The summed E-state index contributed by atoms with van der Waals surface area (Å²) in [5.74, 6) is -0.191. The average Bonchev–Trinajstić information content (AvgIpc) is 2.30. The van der Waals surface area contributed by atoms with Gasteiger partial charge in [0.15, 0.2) is 11.6 Å². The van der Waals surface area contributed by atoms with Crippen LogP contribution in [-0.2, 0) is 4.74 Å². The number of nitrogens with two attached hydrogens (primary N) is 1. The maximum absolute atomic E-state index is 13.9. The quantitative estimate of drug-likeness (QED) is 0.866. The summed E-state index contributed by atoms with van der Waals surface area (Å²) in [4.78, 5) is 0.179. The van der Waals surface area contributed by atoms with E-state index in [0.29, 0.717) is 5.56 Å². The molecule has 3 nitrogen and oxygen atoms in total. The van der Waals surface area contributed by atoms with Gasteiger partial charge in [-0.25, -0.2) is 4.39 Å². The fourth-order valence-corrected chi connectivity index (χ4v) is 2.50. The van der Waals surface area contributed by atoms with Crippen LogP contribution in [0.2, 0.25) is 0 Å². The number of halogens is 1. The summed E-state index contributed by atoms with van der Waals surface area (Å²) in [6.45, 7) is 4.00. The molecule has 0 aliphatic carbocycles. The van der Waals surface area contributed by atoms with E-state index in [1.165, 1.54) is 6.07 Å². The van der Waals surface area contributed by atoms with Gasteiger partial charge in [-0.15, -0.1) is 0 Å². The smallest absolute Gasteiger partial charge is 0.165 e. The van der Waals surface area contributed by atoms with Gasteiger partial charge in [-0.05, 0) is 32.0 Å². The van der Waals surface area contributed by atoms with Crippen molar-refractivity contribution >= 4 is 17.2 Å². The summed E-state index contributed by atoms with van der Waals surface area (Å²) in [6, 6.07) is 4.56. The molecule has 1 saturated heterocycles. The summed E-state index contributed by atoms with van der Waals surface area (Å²) >= 11 is 4.81. The van der Waals surface area contributed by atoms with Crippen molar-refractivity contribution in [3.63, 3.8) is 0 Å². The number of benzene rings is 1. The molecule has 1 aromatic carbocycles. The van der Waals surface area contributed by atoms with Crippen molar-refractivity contribution in [3.8, 4) is 5.75 Å². The van der Waals surface area contributed by atoms with E-state index in [9.17, 15) is 4.39 Å². The van der Waals surface area contributed by atoms with Crippen molar-refractivity contribution < 1.29 is 13.9 Å². The molecule has 104 valence electrons. The lowest BCUT2D eigenvalue weighted by Gasteiger charge is -2.32. The first-order chi connectivity index (χ1) is 8.95. The lowest BCUT2D eigenvalue weighted by molar-refractivity contribution is -0.0727. The Balaban J connectivity index is 2.08. The highest BCUT2D eigenvalue weighted by Gasteiger charge is 2.26. The molecule has 2 rings (SSSR count). The van der Waals surface area contributed by atoms with Crippen LogP contribution in [0, 0.1) is 5.82 Å². The van der Waals surface area contributed by atoms with Crippen LogP contribution in [0.3, 0.4) is 0 Å². The minimum atomic E-state index is -0.433. The summed E-state index contributed by atoms with van der Waals surface area (Å²) in [5, 5.41) is 0. The first-order valence-corrected chi connectivity index (χ1v) is 6.78. The molecule has 0 aromatic heterocycles. The van der Waals surface area contributed by atoms with Crippen LogP contribution in [-0.4, -0.2) is 23.3 Å². The van der Waals surface area contributed by atoms with E-state index in [1.807, 2.05) is 13.8 Å². The van der Waals surface area contributed by atoms with Crippen molar-refractivity contribution in [2.24, 2.45) is 5.73 Å². The third-order valence-electron chi connectivity index (χ3n) is 3.16. The zero-order valence-corrected chi connectivity index (χ0v) is 11.9. The number of hydrogen-bond donors (Lipinski definition) is 1. The molecule has 5 heteroatoms. The van der Waals surface area contributed by atoms with Crippen LogP contribution in [0.15, 0.2) is 18.2 Å². The van der Waals surface area contributed by atoms with Crippen molar-refractivity contribution in [3.05, 3.63) is 29.6 Å². The Morgan fingerprint density at radius 2 is 2.00 bits per heavy atom.